The molecule has 0 saturated carbocycles. The summed E-state index contributed by atoms with van der Waals surface area (Å²) in [6, 6.07) is 15.3. The number of nitrogens with zero attached hydrogens (tertiary/aromatic N) is 5. The van der Waals surface area contributed by atoms with Gasteiger partial charge in [0.1, 0.15) is 16.5 Å². The van der Waals surface area contributed by atoms with E-state index in [-0.39, 0.29) is 18.0 Å². The van der Waals surface area contributed by atoms with Crippen molar-refractivity contribution in [3.63, 3.8) is 0 Å². The standard InChI is InChI=1S/C21H20FN5O2S/c1-15-14-20-23-21(16-6-2-4-8-18(16)27(20)24-15)25-10-12-26(13-11-25)30(28,29)19-9-5-3-7-17(19)22/h2-9,14H,10-13H2,1H3. The van der Waals surface area contributed by atoms with Crippen molar-refractivity contribution in [3.8, 4) is 0 Å². The van der Waals surface area contributed by atoms with E-state index in [0.29, 0.717) is 13.1 Å². The van der Waals surface area contributed by atoms with Crippen LogP contribution in [0.15, 0.2) is 59.5 Å². The monoisotopic (exact) mass is 425 g/mol. The van der Waals surface area contributed by atoms with Gasteiger partial charge in [0.25, 0.3) is 0 Å². The van der Waals surface area contributed by atoms with Crippen LogP contribution in [0.3, 0.4) is 0 Å². The Morgan fingerprint density at radius 1 is 0.967 bits per heavy atom. The van der Waals surface area contributed by atoms with Gasteiger partial charge in [-0.3, -0.25) is 0 Å². The maximum absolute atomic E-state index is 14.1. The molecule has 9 heteroatoms. The lowest BCUT2D eigenvalue weighted by molar-refractivity contribution is 0.381. The Morgan fingerprint density at radius 2 is 1.67 bits per heavy atom. The molecule has 4 aromatic rings. The predicted octanol–water partition coefficient (Wildman–Crippen LogP) is 2.84. The third-order valence-corrected chi connectivity index (χ3v) is 7.33. The molecule has 0 amide bonds. The fourth-order valence-electron chi connectivity index (χ4n) is 3.93. The van der Waals surface area contributed by atoms with Gasteiger partial charge >= 0.3 is 0 Å². The van der Waals surface area contributed by atoms with E-state index in [0.717, 1.165) is 28.1 Å². The average Bonchev–Trinajstić information content (AvgIpc) is 3.14. The van der Waals surface area contributed by atoms with Crippen LogP contribution in [0, 0.1) is 12.7 Å². The Hall–Kier alpha value is -3.04. The van der Waals surface area contributed by atoms with E-state index in [9.17, 15) is 12.8 Å². The summed E-state index contributed by atoms with van der Waals surface area (Å²) in [6.07, 6.45) is 0. The highest BCUT2D eigenvalue weighted by molar-refractivity contribution is 7.89. The predicted molar refractivity (Wildman–Crippen MR) is 113 cm³/mol. The number of halogens is 1. The molecule has 0 atom stereocenters. The lowest BCUT2D eigenvalue weighted by atomic mass is 10.2. The number of fused-ring (bicyclic) bond motifs is 3. The molecule has 1 fully saturated rings. The molecule has 0 unspecified atom stereocenters. The first kappa shape index (κ1) is 19.0. The summed E-state index contributed by atoms with van der Waals surface area (Å²) in [5.74, 6) is 0.0788. The molecular formula is C21H20FN5O2S. The second kappa shape index (κ2) is 7.03. The molecule has 0 radical (unpaired) electrons. The van der Waals surface area contributed by atoms with E-state index < -0.39 is 15.8 Å². The zero-order chi connectivity index (χ0) is 20.9. The quantitative estimate of drug-likeness (QED) is 0.505. The molecule has 0 spiro atoms. The fourth-order valence-corrected chi connectivity index (χ4v) is 5.42. The van der Waals surface area contributed by atoms with Gasteiger partial charge in [-0.1, -0.05) is 24.3 Å². The van der Waals surface area contributed by atoms with Crippen LogP contribution < -0.4 is 4.90 Å². The second-order valence-electron chi connectivity index (χ2n) is 7.33. The Morgan fingerprint density at radius 3 is 2.43 bits per heavy atom. The lowest BCUT2D eigenvalue weighted by Gasteiger charge is -2.35. The van der Waals surface area contributed by atoms with E-state index in [1.807, 2.05) is 41.8 Å². The number of aryl methyl sites for hydroxylation is 1. The first-order valence-corrected chi connectivity index (χ1v) is 11.1. The minimum atomic E-state index is -3.88. The third-order valence-electron chi connectivity index (χ3n) is 5.40. The molecule has 1 aliphatic rings. The number of anilines is 1. The van der Waals surface area contributed by atoms with Crippen molar-refractivity contribution in [2.24, 2.45) is 0 Å². The van der Waals surface area contributed by atoms with Crippen LogP contribution in [0.25, 0.3) is 16.6 Å². The van der Waals surface area contributed by atoms with Crippen molar-refractivity contribution in [2.75, 3.05) is 31.1 Å². The van der Waals surface area contributed by atoms with Crippen LogP contribution in [0.1, 0.15) is 5.69 Å². The van der Waals surface area contributed by atoms with E-state index in [2.05, 4.69) is 10.00 Å². The molecule has 30 heavy (non-hydrogen) atoms. The summed E-state index contributed by atoms with van der Waals surface area (Å²) in [5, 5.41) is 5.48. The molecule has 0 N–H and O–H groups in total. The number of sulfonamides is 1. The molecule has 0 bridgehead atoms. The second-order valence-corrected chi connectivity index (χ2v) is 9.24. The van der Waals surface area contributed by atoms with E-state index in [1.54, 1.807) is 0 Å². The molecule has 3 heterocycles. The van der Waals surface area contributed by atoms with Gasteiger partial charge in [0.05, 0.1) is 11.2 Å². The highest BCUT2D eigenvalue weighted by atomic mass is 32.2. The number of aromatic nitrogens is 3. The number of rotatable bonds is 3. The van der Waals surface area contributed by atoms with Gasteiger partial charge in [0, 0.05) is 37.6 Å². The number of para-hydroxylation sites is 1. The Balaban J connectivity index is 1.47. The SMILES string of the molecule is Cc1cc2nc(N3CCN(S(=O)(=O)c4ccccc4F)CC3)c3ccccc3n2n1. The number of hydrogen-bond acceptors (Lipinski definition) is 5. The molecule has 5 rings (SSSR count). The van der Waals surface area contributed by atoms with Gasteiger partial charge in [-0.15, -0.1) is 0 Å². The zero-order valence-corrected chi connectivity index (χ0v) is 17.2. The lowest BCUT2D eigenvalue weighted by Crippen LogP contribution is -2.49. The topological polar surface area (TPSA) is 70.8 Å². The van der Waals surface area contributed by atoms with Gasteiger partial charge in [-0.05, 0) is 31.2 Å². The highest BCUT2D eigenvalue weighted by Crippen LogP contribution is 2.28. The van der Waals surface area contributed by atoms with Gasteiger partial charge < -0.3 is 4.90 Å². The van der Waals surface area contributed by atoms with Gasteiger partial charge in [-0.25, -0.2) is 22.3 Å². The van der Waals surface area contributed by atoms with Crippen molar-refractivity contribution in [2.45, 2.75) is 11.8 Å². The van der Waals surface area contributed by atoms with Crippen molar-refractivity contribution in [1.82, 2.24) is 18.9 Å². The maximum Gasteiger partial charge on any atom is 0.246 e. The van der Waals surface area contributed by atoms with Crippen LogP contribution >= 0.6 is 0 Å². The van der Waals surface area contributed by atoms with E-state index in [4.69, 9.17) is 4.98 Å². The van der Waals surface area contributed by atoms with Crippen molar-refractivity contribution in [1.29, 1.82) is 0 Å². The van der Waals surface area contributed by atoms with Crippen molar-refractivity contribution >= 4 is 32.4 Å². The van der Waals surface area contributed by atoms with E-state index >= 15 is 0 Å². The summed E-state index contributed by atoms with van der Waals surface area (Å²) in [6.45, 7) is 3.38. The molecule has 7 nitrogen and oxygen atoms in total. The largest absolute Gasteiger partial charge is 0.353 e. The zero-order valence-electron chi connectivity index (χ0n) is 16.4. The Labute approximate surface area is 173 Å². The molecule has 2 aromatic heterocycles. The Kier molecular flexibility index (Phi) is 4.44. The minimum absolute atomic E-state index is 0.260. The molecular weight excluding hydrogens is 405 g/mol. The first-order chi connectivity index (χ1) is 14.4. The smallest absolute Gasteiger partial charge is 0.246 e. The number of benzene rings is 2. The van der Waals surface area contributed by atoms with Crippen LogP contribution in [-0.2, 0) is 10.0 Å². The molecule has 2 aromatic carbocycles. The fraction of sp³-hybridized carbons (Fsp3) is 0.238. The minimum Gasteiger partial charge on any atom is -0.353 e. The van der Waals surface area contributed by atoms with Gasteiger partial charge in [0.15, 0.2) is 5.65 Å². The molecule has 154 valence electrons. The molecule has 1 aliphatic heterocycles. The van der Waals surface area contributed by atoms with Crippen LogP contribution in [0.2, 0.25) is 0 Å². The summed E-state index contributed by atoms with van der Waals surface area (Å²) < 4.78 is 43.0. The van der Waals surface area contributed by atoms with Crippen LogP contribution in [0.4, 0.5) is 10.2 Å². The first-order valence-electron chi connectivity index (χ1n) is 9.70. The summed E-state index contributed by atoms with van der Waals surface area (Å²) in [7, 11) is -3.88. The summed E-state index contributed by atoms with van der Waals surface area (Å²) in [4.78, 5) is 6.61. The molecule has 1 saturated heterocycles. The molecule has 0 aliphatic carbocycles. The summed E-state index contributed by atoms with van der Waals surface area (Å²) in [5.41, 5.74) is 2.58. The number of hydrogen-bond donors (Lipinski definition) is 0. The van der Waals surface area contributed by atoms with Gasteiger partial charge in [-0.2, -0.15) is 9.40 Å². The number of piperazine rings is 1. The van der Waals surface area contributed by atoms with Gasteiger partial charge in [0.2, 0.25) is 10.0 Å². The van der Waals surface area contributed by atoms with Crippen LogP contribution in [-0.4, -0.2) is 53.5 Å². The maximum atomic E-state index is 14.1. The third kappa shape index (κ3) is 3.01. The Bertz CT molecular complexity index is 1360. The van der Waals surface area contributed by atoms with Crippen LogP contribution in [0.5, 0.6) is 0 Å². The van der Waals surface area contributed by atoms with E-state index in [1.165, 1.54) is 28.6 Å². The van der Waals surface area contributed by atoms with Crippen molar-refractivity contribution < 1.29 is 12.8 Å². The average molecular weight is 425 g/mol. The highest BCUT2D eigenvalue weighted by Gasteiger charge is 2.31. The summed E-state index contributed by atoms with van der Waals surface area (Å²) >= 11 is 0. The normalized spacial score (nSPS) is 15.9. The van der Waals surface area contributed by atoms with Crippen molar-refractivity contribution in [3.05, 3.63) is 66.1 Å².